The fourth-order valence-electron chi connectivity index (χ4n) is 2.60. The third-order valence-electron chi connectivity index (χ3n) is 3.56. The van der Waals surface area contributed by atoms with Crippen LogP contribution in [0.2, 0.25) is 5.02 Å². The Kier molecular flexibility index (Phi) is 4.43. The normalized spacial score (nSPS) is 20.0. The molecule has 1 saturated heterocycles. The van der Waals surface area contributed by atoms with E-state index in [2.05, 4.69) is 15.9 Å². The average molecular weight is 407 g/mol. The molecule has 112 valence electrons. The molecule has 0 spiro atoms. The second-order valence-corrected chi connectivity index (χ2v) is 9.03. The fourth-order valence-corrected chi connectivity index (χ4v) is 6.23. The third-order valence-corrected chi connectivity index (χ3v) is 7.41. The van der Waals surface area contributed by atoms with Gasteiger partial charge in [0.05, 0.1) is 11.1 Å². The topological polar surface area (TPSA) is 37.4 Å². The molecule has 2 aromatic rings. The van der Waals surface area contributed by atoms with Crippen LogP contribution in [0.4, 0.5) is 0 Å². The van der Waals surface area contributed by atoms with Gasteiger partial charge in [0.15, 0.2) is 0 Å². The van der Waals surface area contributed by atoms with Crippen LogP contribution >= 0.6 is 38.9 Å². The molecule has 0 N–H and O–H groups in total. The summed E-state index contributed by atoms with van der Waals surface area (Å²) in [5.74, 6) is 0. The van der Waals surface area contributed by atoms with Gasteiger partial charge in [-0.1, -0.05) is 33.6 Å². The minimum atomic E-state index is -3.57. The quantitative estimate of drug-likeness (QED) is 0.741. The molecule has 21 heavy (non-hydrogen) atoms. The monoisotopic (exact) mass is 405 g/mol. The zero-order valence-electron chi connectivity index (χ0n) is 11.0. The summed E-state index contributed by atoms with van der Waals surface area (Å²) in [6, 6.07) is 8.75. The van der Waals surface area contributed by atoms with Crippen molar-refractivity contribution < 1.29 is 8.42 Å². The highest BCUT2D eigenvalue weighted by atomic mass is 79.9. The molecule has 7 heteroatoms. The highest BCUT2D eigenvalue weighted by Gasteiger charge is 2.37. The van der Waals surface area contributed by atoms with Gasteiger partial charge in [-0.3, -0.25) is 0 Å². The smallest absolute Gasteiger partial charge is 0.207 e. The van der Waals surface area contributed by atoms with Crippen molar-refractivity contribution in [1.82, 2.24) is 4.31 Å². The zero-order valence-corrected chi connectivity index (χ0v) is 15.0. The summed E-state index contributed by atoms with van der Waals surface area (Å²) >= 11 is 11.0. The molecule has 2 heterocycles. The Bertz CT molecular complexity index is 746. The molecule has 1 aromatic carbocycles. The number of hydrogen-bond acceptors (Lipinski definition) is 3. The van der Waals surface area contributed by atoms with Gasteiger partial charge in [-0.2, -0.15) is 4.31 Å². The van der Waals surface area contributed by atoms with E-state index < -0.39 is 10.0 Å². The van der Waals surface area contributed by atoms with Gasteiger partial charge in [-0.05, 0) is 42.5 Å². The summed E-state index contributed by atoms with van der Waals surface area (Å²) in [6.07, 6.45) is 1.73. The Hall–Kier alpha value is -0.400. The van der Waals surface area contributed by atoms with E-state index in [0.29, 0.717) is 6.54 Å². The highest BCUT2D eigenvalue weighted by Crippen LogP contribution is 2.39. The summed E-state index contributed by atoms with van der Waals surface area (Å²) in [5, 5.41) is 2.23. The number of rotatable bonds is 3. The standard InChI is InChI=1S/C14H13BrClNO2S2/c15-10-5-6-14(11(16)9-10)21(18,19)17-7-1-3-12(17)13-4-2-8-20-13/h2,4-6,8-9,12H,1,3,7H2. The number of halogens is 2. The van der Waals surface area contributed by atoms with Gasteiger partial charge in [0.25, 0.3) is 0 Å². The van der Waals surface area contributed by atoms with Crippen molar-refractivity contribution >= 4 is 48.9 Å². The van der Waals surface area contributed by atoms with Gasteiger partial charge >= 0.3 is 0 Å². The average Bonchev–Trinajstić information content (AvgIpc) is 3.09. The van der Waals surface area contributed by atoms with Crippen LogP contribution < -0.4 is 0 Å². The van der Waals surface area contributed by atoms with Crippen molar-refractivity contribution in [1.29, 1.82) is 0 Å². The van der Waals surface area contributed by atoms with Crippen molar-refractivity contribution in [2.24, 2.45) is 0 Å². The largest absolute Gasteiger partial charge is 0.245 e. The van der Waals surface area contributed by atoms with Crippen LogP contribution in [0.25, 0.3) is 0 Å². The predicted octanol–water partition coefficient (Wildman–Crippen LogP) is 4.69. The van der Waals surface area contributed by atoms with E-state index in [1.54, 1.807) is 33.8 Å². The second-order valence-electron chi connectivity index (χ2n) is 4.86. The maximum Gasteiger partial charge on any atom is 0.245 e. The first-order valence-corrected chi connectivity index (χ1v) is 9.99. The lowest BCUT2D eigenvalue weighted by atomic mass is 10.2. The van der Waals surface area contributed by atoms with E-state index in [1.807, 2.05) is 17.5 Å². The molecule has 1 aliphatic rings. The van der Waals surface area contributed by atoms with Crippen LogP contribution in [0.3, 0.4) is 0 Å². The van der Waals surface area contributed by atoms with Crippen molar-refractivity contribution in [3.05, 3.63) is 50.1 Å². The molecule has 1 atom stereocenters. The number of hydrogen-bond donors (Lipinski definition) is 0. The molecule has 0 aliphatic carbocycles. The Morgan fingerprint density at radius 3 is 2.81 bits per heavy atom. The third kappa shape index (κ3) is 2.92. The molecule has 1 fully saturated rings. The molecular formula is C14H13BrClNO2S2. The van der Waals surface area contributed by atoms with Crippen LogP contribution in [-0.4, -0.2) is 19.3 Å². The lowest BCUT2D eigenvalue weighted by Gasteiger charge is -2.23. The van der Waals surface area contributed by atoms with Gasteiger partial charge in [0.2, 0.25) is 10.0 Å². The summed E-state index contributed by atoms with van der Waals surface area (Å²) < 4.78 is 28.1. The van der Waals surface area contributed by atoms with E-state index in [-0.39, 0.29) is 16.0 Å². The molecule has 1 aliphatic heterocycles. The minimum Gasteiger partial charge on any atom is -0.207 e. The molecular weight excluding hydrogens is 394 g/mol. The molecule has 3 nitrogen and oxygen atoms in total. The van der Waals surface area contributed by atoms with Crippen molar-refractivity contribution in [3.63, 3.8) is 0 Å². The van der Waals surface area contributed by atoms with E-state index in [4.69, 9.17) is 11.6 Å². The first-order chi connectivity index (χ1) is 10.00. The number of nitrogens with zero attached hydrogens (tertiary/aromatic N) is 1. The maximum absolute atomic E-state index is 12.9. The fraction of sp³-hybridized carbons (Fsp3) is 0.286. The Morgan fingerprint density at radius 1 is 1.33 bits per heavy atom. The zero-order chi connectivity index (χ0) is 15.0. The second kappa shape index (κ2) is 6.01. The maximum atomic E-state index is 12.9. The van der Waals surface area contributed by atoms with E-state index in [9.17, 15) is 8.42 Å². The van der Waals surface area contributed by atoms with E-state index in [0.717, 1.165) is 22.2 Å². The first-order valence-electron chi connectivity index (χ1n) is 6.50. The van der Waals surface area contributed by atoms with Crippen LogP contribution in [-0.2, 0) is 10.0 Å². The van der Waals surface area contributed by atoms with Crippen molar-refractivity contribution in [3.8, 4) is 0 Å². The van der Waals surface area contributed by atoms with Gasteiger partial charge in [0.1, 0.15) is 4.90 Å². The van der Waals surface area contributed by atoms with Crippen LogP contribution in [0, 0.1) is 0 Å². The van der Waals surface area contributed by atoms with Crippen LogP contribution in [0.5, 0.6) is 0 Å². The summed E-state index contributed by atoms with van der Waals surface area (Å²) in [5.41, 5.74) is 0. The number of thiophene rings is 1. The summed E-state index contributed by atoms with van der Waals surface area (Å²) in [7, 11) is -3.57. The molecule has 1 aromatic heterocycles. The molecule has 0 saturated carbocycles. The van der Waals surface area contributed by atoms with Crippen molar-refractivity contribution in [2.45, 2.75) is 23.8 Å². The van der Waals surface area contributed by atoms with E-state index in [1.165, 1.54) is 0 Å². The highest BCUT2D eigenvalue weighted by molar-refractivity contribution is 9.10. The summed E-state index contributed by atoms with van der Waals surface area (Å²) in [6.45, 7) is 0.539. The molecule has 3 rings (SSSR count). The predicted molar refractivity (Wildman–Crippen MR) is 89.3 cm³/mol. The lowest BCUT2D eigenvalue weighted by Crippen LogP contribution is -2.30. The van der Waals surface area contributed by atoms with Gasteiger partial charge in [-0.15, -0.1) is 11.3 Å². The van der Waals surface area contributed by atoms with Crippen LogP contribution in [0.15, 0.2) is 45.1 Å². The molecule has 0 amide bonds. The van der Waals surface area contributed by atoms with Gasteiger partial charge in [-0.25, -0.2) is 8.42 Å². The number of sulfonamides is 1. The first kappa shape index (κ1) is 15.5. The Morgan fingerprint density at radius 2 is 2.14 bits per heavy atom. The Balaban J connectivity index is 2.01. The lowest BCUT2D eigenvalue weighted by molar-refractivity contribution is 0.401. The minimum absolute atomic E-state index is 0.0743. The number of benzene rings is 1. The molecule has 1 unspecified atom stereocenters. The van der Waals surface area contributed by atoms with Gasteiger partial charge < -0.3 is 0 Å². The molecule has 0 bridgehead atoms. The van der Waals surface area contributed by atoms with Crippen LogP contribution in [0.1, 0.15) is 23.8 Å². The van der Waals surface area contributed by atoms with Crippen molar-refractivity contribution in [2.75, 3.05) is 6.54 Å². The molecule has 0 radical (unpaired) electrons. The van der Waals surface area contributed by atoms with E-state index >= 15 is 0 Å². The van der Waals surface area contributed by atoms with Gasteiger partial charge in [0, 0.05) is 15.9 Å². The summed E-state index contributed by atoms with van der Waals surface area (Å²) in [4.78, 5) is 1.26. The SMILES string of the molecule is O=S(=O)(c1ccc(Br)cc1Cl)N1CCCC1c1cccs1. The Labute approximate surface area is 141 Å².